The topological polar surface area (TPSA) is 98.3 Å². The van der Waals surface area contributed by atoms with Gasteiger partial charge >= 0.3 is 0 Å². The summed E-state index contributed by atoms with van der Waals surface area (Å²) >= 11 is 1.84. The van der Waals surface area contributed by atoms with Crippen molar-refractivity contribution in [2.45, 2.75) is 25.7 Å². The second-order valence-corrected chi connectivity index (χ2v) is 5.67. The fourth-order valence-electron chi connectivity index (χ4n) is 1.94. The van der Waals surface area contributed by atoms with Crippen LogP contribution in [0.1, 0.15) is 36.0 Å². The monoisotopic (exact) mass is 311 g/mol. The Kier molecular flexibility index (Phi) is 7.60. The maximum atomic E-state index is 11.1. The molecule has 0 unspecified atom stereocenters. The number of nitro benzene ring substituents is 1. The molecule has 0 saturated heterocycles. The van der Waals surface area contributed by atoms with Gasteiger partial charge in [-0.05, 0) is 37.0 Å². The minimum absolute atomic E-state index is 0.0395. The van der Waals surface area contributed by atoms with Crippen LogP contribution in [0.4, 0.5) is 11.4 Å². The van der Waals surface area contributed by atoms with Gasteiger partial charge in [0.15, 0.2) is 0 Å². The molecule has 0 aliphatic carbocycles. The van der Waals surface area contributed by atoms with E-state index in [1.807, 2.05) is 11.8 Å². The van der Waals surface area contributed by atoms with Crippen LogP contribution in [0.25, 0.3) is 0 Å². The number of primary amides is 1. The van der Waals surface area contributed by atoms with Crippen LogP contribution in [0.2, 0.25) is 0 Å². The lowest BCUT2D eigenvalue weighted by atomic mass is 10.1. The van der Waals surface area contributed by atoms with E-state index in [1.54, 1.807) is 0 Å². The number of carbonyl (C=O) groups is 1. The molecular weight excluding hydrogens is 290 g/mol. The molecule has 0 radical (unpaired) electrons. The molecule has 0 aliphatic rings. The van der Waals surface area contributed by atoms with E-state index in [0.717, 1.165) is 19.3 Å². The van der Waals surface area contributed by atoms with Crippen molar-refractivity contribution in [3.05, 3.63) is 33.9 Å². The third kappa shape index (κ3) is 6.03. The fraction of sp³-hybridized carbons (Fsp3) is 0.500. The highest BCUT2D eigenvalue weighted by Gasteiger charge is 2.15. The number of rotatable bonds is 10. The Hall–Kier alpha value is -1.76. The van der Waals surface area contributed by atoms with Gasteiger partial charge in [0, 0.05) is 18.2 Å². The maximum absolute atomic E-state index is 11.1. The SMILES string of the molecule is CSCCCCCCNc1cc(C(N)=O)ccc1[N+](=O)[O-]. The molecule has 0 heterocycles. The standard InChI is InChI=1S/C14H21N3O3S/c1-21-9-5-3-2-4-8-16-12-10-11(14(15)18)6-7-13(12)17(19)20/h6-7,10,16H,2-5,8-9H2,1H3,(H2,15,18). The second-order valence-electron chi connectivity index (χ2n) is 4.69. The van der Waals surface area contributed by atoms with E-state index in [1.165, 1.54) is 30.4 Å². The molecule has 0 fully saturated rings. The summed E-state index contributed by atoms with van der Waals surface area (Å²) in [5.41, 5.74) is 5.77. The van der Waals surface area contributed by atoms with Gasteiger partial charge in [-0.3, -0.25) is 14.9 Å². The minimum atomic E-state index is -0.593. The number of nitrogens with one attached hydrogen (secondary N) is 1. The van der Waals surface area contributed by atoms with E-state index in [2.05, 4.69) is 11.6 Å². The van der Waals surface area contributed by atoms with E-state index in [-0.39, 0.29) is 11.3 Å². The zero-order chi connectivity index (χ0) is 15.7. The predicted molar refractivity (Wildman–Crippen MR) is 87.0 cm³/mol. The normalized spacial score (nSPS) is 10.3. The Bertz CT molecular complexity index is 494. The Labute approximate surface area is 128 Å². The van der Waals surface area contributed by atoms with Crippen LogP contribution in [-0.4, -0.2) is 29.4 Å². The van der Waals surface area contributed by atoms with E-state index in [4.69, 9.17) is 5.73 Å². The van der Waals surface area contributed by atoms with Gasteiger partial charge in [0.2, 0.25) is 5.91 Å². The van der Waals surface area contributed by atoms with Crippen molar-refractivity contribution in [1.82, 2.24) is 0 Å². The Balaban J connectivity index is 2.53. The summed E-state index contributed by atoms with van der Waals surface area (Å²) in [6.45, 7) is 0.641. The Morgan fingerprint density at radius 2 is 2.05 bits per heavy atom. The first-order chi connectivity index (χ1) is 10.1. The molecule has 0 atom stereocenters. The Morgan fingerprint density at radius 3 is 2.67 bits per heavy atom. The van der Waals surface area contributed by atoms with Gasteiger partial charge in [-0.15, -0.1) is 0 Å². The van der Waals surface area contributed by atoms with Crippen LogP contribution < -0.4 is 11.1 Å². The molecule has 1 aromatic rings. The highest BCUT2D eigenvalue weighted by Crippen LogP contribution is 2.25. The van der Waals surface area contributed by atoms with Crippen LogP contribution >= 0.6 is 11.8 Å². The second kappa shape index (κ2) is 9.23. The van der Waals surface area contributed by atoms with Crippen LogP contribution in [-0.2, 0) is 0 Å². The first-order valence-corrected chi connectivity index (χ1v) is 8.26. The highest BCUT2D eigenvalue weighted by molar-refractivity contribution is 7.98. The lowest BCUT2D eigenvalue weighted by Crippen LogP contribution is -2.12. The van der Waals surface area contributed by atoms with E-state index >= 15 is 0 Å². The molecule has 0 aromatic heterocycles. The summed E-state index contributed by atoms with van der Waals surface area (Å²) < 4.78 is 0. The third-order valence-electron chi connectivity index (χ3n) is 3.07. The predicted octanol–water partition coefficient (Wildman–Crippen LogP) is 3.03. The number of carbonyl (C=O) groups excluding carboxylic acids is 1. The van der Waals surface area contributed by atoms with E-state index in [9.17, 15) is 14.9 Å². The summed E-state index contributed by atoms with van der Waals surface area (Å²) in [6.07, 6.45) is 6.46. The molecule has 0 bridgehead atoms. The molecule has 1 amide bonds. The van der Waals surface area contributed by atoms with Gasteiger partial charge in [-0.2, -0.15) is 11.8 Å². The molecule has 7 heteroatoms. The number of nitrogens with zero attached hydrogens (tertiary/aromatic N) is 1. The lowest BCUT2D eigenvalue weighted by Gasteiger charge is -2.08. The highest BCUT2D eigenvalue weighted by atomic mass is 32.2. The average Bonchev–Trinajstić information content (AvgIpc) is 2.45. The largest absolute Gasteiger partial charge is 0.379 e. The lowest BCUT2D eigenvalue weighted by molar-refractivity contribution is -0.384. The summed E-state index contributed by atoms with van der Waals surface area (Å²) in [7, 11) is 0. The smallest absolute Gasteiger partial charge is 0.292 e. The maximum Gasteiger partial charge on any atom is 0.292 e. The summed E-state index contributed by atoms with van der Waals surface area (Å²) in [6, 6.07) is 4.11. The number of anilines is 1. The van der Waals surface area contributed by atoms with Gasteiger partial charge in [-0.25, -0.2) is 0 Å². The van der Waals surface area contributed by atoms with Crippen molar-refractivity contribution in [3.63, 3.8) is 0 Å². The van der Waals surface area contributed by atoms with Crippen molar-refractivity contribution >= 4 is 29.0 Å². The van der Waals surface area contributed by atoms with E-state index in [0.29, 0.717) is 12.2 Å². The van der Waals surface area contributed by atoms with Gasteiger partial charge < -0.3 is 11.1 Å². The fourth-order valence-corrected chi connectivity index (χ4v) is 2.43. The first-order valence-electron chi connectivity index (χ1n) is 6.87. The molecule has 21 heavy (non-hydrogen) atoms. The Morgan fingerprint density at radius 1 is 1.33 bits per heavy atom. The number of thioether (sulfide) groups is 1. The molecular formula is C14H21N3O3S. The summed E-state index contributed by atoms with van der Waals surface area (Å²) in [4.78, 5) is 21.6. The van der Waals surface area contributed by atoms with Crippen molar-refractivity contribution in [2.75, 3.05) is 23.9 Å². The number of unbranched alkanes of at least 4 members (excludes halogenated alkanes) is 3. The van der Waals surface area contributed by atoms with Crippen molar-refractivity contribution in [1.29, 1.82) is 0 Å². The van der Waals surface area contributed by atoms with Crippen molar-refractivity contribution in [2.24, 2.45) is 5.73 Å². The van der Waals surface area contributed by atoms with Crippen LogP contribution in [0.3, 0.4) is 0 Å². The average molecular weight is 311 g/mol. The zero-order valence-corrected chi connectivity index (χ0v) is 12.9. The molecule has 0 saturated carbocycles. The van der Waals surface area contributed by atoms with Gasteiger partial charge in [0.25, 0.3) is 5.69 Å². The number of hydrogen-bond donors (Lipinski definition) is 2. The molecule has 116 valence electrons. The number of nitro groups is 1. The summed E-state index contributed by atoms with van der Waals surface area (Å²) in [5, 5.41) is 14.0. The van der Waals surface area contributed by atoms with Crippen molar-refractivity contribution in [3.8, 4) is 0 Å². The van der Waals surface area contributed by atoms with Crippen molar-refractivity contribution < 1.29 is 9.72 Å². The third-order valence-corrected chi connectivity index (χ3v) is 3.77. The molecule has 0 aliphatic heterocycles. The molecule has 1 rings (SSSR count). The quantitative estimate of drug-likeness (QED) is 0.393. The molecule has 0 spiro atoms. The van der Waals surface area contributed by atoms with Crippen LogP contribution in [0, 0.1) is 10.1 Å². The summed E-state index contributed by atoms with van der Waals surface area (Å²) in [5.74, 6) is 0.574. The van der Waals surface area contributed by atoms with Gasteiger partial charge in [0.1, 0.15) is 5.69 Å². The number of nitrogens with two attached hydrogens (primary N) is 1. The molecule has 1 aromatic carbocycles. The van der Waals surface area contributed by atoms with Crippen LogP contribution in [0.5, 0.6) is 0 Å². The molecule has 6 nitrogen and oxygen atoms in total. The minimum Gasteiger partial charge on any atom is -0.379 e. The molecule has 3 N–H and O–H groups in total. The first kappa shape index (κ1) is 17.3. The van der Waals surface area contributed by atoms with E-state index < -0.39 is 10.8 Å². The van der Waals surface area contributed by atoms with Gasteiger partial charge in [-0.1, -0.05) is 12.8 Å². The number of hydrogen-bond acceptors (Lipinski definition) is 5. The zero-order valence-electron chi connectivity index (χ0n) is 12.1. The number of amides is 1. The number of benzene rings is 1. The van der Waals surface area contributed by atoms with Gasteiger partial charge in [0.05, 0.1) is 4.92 Å². The van der Waals surface area contributed by atoms with Crippen LogP contribution in [0.15, 0.2) is 18.2 Å².